The summed E-state index contributed by atoms with van der Waals surface area (Å²) in [6.45, 7) is 0. The molecule has 82 valence electrons. The summed E-state index contributed by atoms with van der Waals surface area (Å²) in [6, 6.07) is 14.2. The second-order valence-electron chi connectivity index (χ2n) is 3.87. The average molecular weight is 222 g/mol. The van der Waals surface area contributed by atoms with E-state index in [1.165, 1.54) is 11.7 Å². The van der Waals surface area contributed by atoms with Gasteiger partial charge in [-0.05, 0) is 28.5 Å². The van der Waals surface area contributed by atoms with E-state index in [4.69, 9.17) is 0 Å². The minimum Gasteiger partial charge on any atom is -0.311 e. The second-order valence-corrected chi connectivity index (χ2v) is 3.87. The van der Waals surface area contributed by atoms with Gasteiger partial charge in [0.15, 0.2) is 0 Å². The van der Waals surface area contributed by atoms with Gasteiger partial charge in [0, 0.05) is 0 Å². The molecule has 0 radical (unpaired) electrons. The molecule has 0 saturated heterocycles. The lowest BCUT2D eigenvalue weighted by Crippen LogP contribution is -2.14. The van der Waals surface area contributed by atoms with Gasteiger partial charge in [-0.2, -0.15) is 0 Å². The number of carbonyl (C=O) groups excluding carboxylic acids is 1. The Bertz CT molecular complexity index is 656. The summed E-state index contributed by atoms with van der Waals surface area (Å²) in [5.74, 6) is -0.154. The van der Waals surface area contributed by atoms with Gasteiger partial charge in [-0.3, -0.25) is 4.79 Å². The van der Waals surface area contributed by atoms with Gasteiger partial charge in [-0.25, -0.2) is 4.99 Å². The molecule has 1 N–H and O–H groups in total. The molecule has 2 aromatic rings. The average Bonchev–Trinajstić information content (AvgIpc) is 2.75. The zero-order valence-electron chi connectivity index (χ0n) is 9.05. The number of benzene rings is 2. The topological polar surface area (TPSA) is 41.5 Å². The number of amides is 1. The summed E-state index contributed by atoms with van der Waals surface area (Å²) in [5, 5.41) is 4.87. The van der Waals surface area contributed by atoms with Crippen LogP contribution in [0.1, 0.15) is 5.56 Å². The largest absolute Gasteiger partial charge is 0.311 e. The summed E-state index contributed by atoms with van der Waals surface area (Å²) in [6.07, 6.45) is 3.19. The molecule has 0 aliphatic carbocycles. The standard InChI is InChI=1S/C14H10N2O/c17-14-13(15-9-16-14)8-10-5-6-11-3-1-2-4-12(11)7-10/h1-9H,(H,15,16,17). The third-order valence-corrected chi connectivity index (χ3v) is 2.71. The van der Waals surface area contributed by atoms with E-state index in [9.17, 15) is 4.79 Å². The van der Waals surface area contributed by atoms with E-state index < -0.39 is 0 Å². The first kappa shape index (κ1) is 9.78. The smallest absolute Gasteiger partial charge is 0.275 e. The van der Waals surface area contributed by atoms with Crippen LogP contribution in [-0.2, 0) is 4.79 Å². The fourth-order valence-electron chi connectivity index (χ4n) is 1.85. The number of hydrogen-bond donors (Lipinski definition) is 1. The first-order chi connectivity index (χ1) is 8.33. The van der Waals surface area contributed by atoms with E-state index in [0.717, 1.165) is 10.9 Å². The summed E-state index contributed by atoms with van der Waals surface area (Å²) in [7, 11) is 0. The van der Waals surface area contributed by atoms with Gasteiger partial charge >= 0.3 is 0 Å². The predicted octanol–water partition coefficient (Wildman–Crippen LogP) is 2.34. The summed E-state index contributed by atoms with van der Waals surface area (Å²) in [4.78, 5) is 15.3. The van der Waals surface area contributed by atoms with Crippen molar-refractivity contribution in [2.75, 3.05) is 0 Å². The van der Waals surface area contributed by atoms with Crippen molar-refractivity contribution in [1.29, 1.82) is 0 Å². The van der Waals surface area contributed by atoms with Gasteiger partial charge in [0.2, 0.25) is 0 Å². The Morgan fingerprint density at radius 3 is 2.65 bits per heavy atom. The zero-order chi connectivity index (χ0) is 11.7. The number of rotatable bonds is 1. The summed E-state index contributed by atoms with van der Waals surface area (Å²) in [5.41, 5.74) is 1.42. The first-order valence-electron chi connectivity index (χ1n) is 5.37. The van der Waals surface area contributed by atoms with Crippen molar-refractivity contribution in [3.05, 3.63) is 53.7 Å². The first-order valence-corrected chi connectivity index (χ1v) is 5.37. The van der Waals surface area contributed by atoms with Gasteiger partial charge in [-0.15, -0.1) is 0 Å². The third kappa shape index (κ3) is 1.83. The molecular formula is C14H10N2O. The van der Waals surface area contributed by atoms with Gasteiger partial charge in [0.25, 0.3) is 5.91 Å². The highest BCUT2D eigenvalue weighted by Crippen LogP contribution is 2.18. The summed E-state index contributed by atoms with van der Waals surface area (Å²) >= 11 is 0. The number of carbonyl (C=O) groups is 1. The van der Waals surface area contributed by atoms with Crippen LogP contribution in [0.4, 0.5) is 0 Å². The predicted molar refractivity (Wildman–Crippen MR) is 68.6 cm³/mol. The van der Waals surface area contributed by atoms with E-state index >= 15 is 0 Å². The van der Waals surface area contributed by atoms with Crippen LogP contribution < -0.4 is 5.32 Å². The molecule has 3 heteroatoms. The molecule has 3 rings (SSSR count). The SMILES string of the molecule is O=C1NC=NC1=Cc1ccc2ccccc2c1. The minimum absolute atomic E-state index is 0.154. The zero-order valence-corrected chi connectivity index (χ0v) is 9.05. The van der Waals surface area contributed by atoms with Gasteiger partial charge < -0.3 is 5.32 Å². The molecule has 1 heterocycles. The van der Waals surface area contributed by atoms with Crippen LogP contribution in [0.25, 0.3) is 16.8 Å². The maximum Gasteiger partial charge on any atom is 0.275 e. The number of aliphatic imine (C=N–C) groups is 1. The maximum atomic E-state index is 11.3. The van der Waals surface area contributed by atoms with Crippen LogP contribution in [0.3, 0.4) is 0 Å². The molecule has 1 aliphatic rings. The molecule has 0 bridgehead atoms. The van der Waals surface area contributed by atoms with E-state index in [1.807, 2.05) is 30.3 Å². The molecule has 3 nitrogen and oxygen atoms in total. The molecular weight excluding hydrogens is 212 g/mol. The van der Waals surface area contributed by atoms with Crippen molar-refractivity contribution in [3.8, 4) is 0 Å². The fraction of sp³-hybridized carbons (Fsp3) is 0. The number of fused-ring (bicyclic) bond motifs is 1. The molecule has 0 aromatic heterocycles. The molecule has 17 heavy (non-hydrogen) atoms. The van der Waals surface area contributed by atoms with E-state index in [2.05, 4.69) is 22.4 Å². The highest BCUT2D eigenvalue weighted by Gasteiger charge is 2.11. The van der Waals surface area contributed by atoms with Crippen molar-refractivity contribution >= 4 is 29.1 Å². The van der Waals surface area contributed by atoms with Crippen molar-refractivity contribution in [3.63, 3.8) is 0 Å². The molecule has 0 unspecified atom stereocenters. The molecule has 1 amide bonds. The molecule has 0 saturated carbocycles. The van der Waals surface area contributed by atoms with Gasteiger partial charge in [-0.1, -0.05) is 36.4 Å². The van der Waals surface area contributed by atoms with Crippen LogP contribution in [0.5, 0.6) is 0 Å². The van der Waals surface area contributed by atoms with Crippen molar-refractivity contribution in [1.82, 2.24) is 5.32 Å². The van der Waals surface area contributed by atoms with Crippen LogP contribution in [0, 0.1) is 0 Å². The normalized spacial score (nSPS) is 16.7. The highest BCUT2D eigenvalue weighted by molar-refractivity contribution is 6.08. The quantitative estimate of drug-likeness (QED) is 0.739. The third-order valence-electron chi connectivity index (χ3n) is 2.71. The van der Waals surface area contributed by atoms with E-state index in [-0.39, 0.29) is 5.91 Å². The summed E-state index contributed by atoms with van der Waals surface area (Å²) < 4.78 is 0. The maximum absolute atomic E-state index is 11.3. The molecule has 1 aliphatic heterocycles. The Kier molecular flexibility index (Phi) is 2.22. The van der Waals surface area contributed by atoms with E-state index in [1.54, 1.807) is 6.08 Å². The number of nitrogens with zero attached hydrogens (tertiary/aromatic N) is 1. The monoisotopic (exact) mass is 222 g/mol. The van der Waals surface area contributed by atoms with Crippen LogP contribution in [0.2, 0.25) is 0 Å². The Morgan fingerprint density at radius 1 is 1.06 bits per heavy atom. The molecule has 0 fully saturated rings. The lowest BCUT2D eigenvalue weighted by atomic mass is 10.1. The van der Waals surface area contributed by atoms with Crippen molar-refractivity contribution in [2.45, 2.75) is 0 Å². The van der Waals surface area contributed by atoms with E-state index in [0.29, 0.717) is 5.70 Å². The van der Waals surface area contributed by atoms with Crippen molar-refractivity contribution < 1.29 is 4.79 Å². The number of nitrogens with one attached hydrogen (secondary N) is 1. The van der Waals surface area contributed by atoms with Crippen molar-refractivity contribution in [2.24, 2.45) is 4.99 Å². The van der Waals surface area contributed by atoms with Gasteiger partial charge in [0.1, 0.15) is 5.70 Å². The lowest BCUT2D eigenvalue weighted by Gasteiger charge is -1.99. The van der Waals surface area contributed by atoms with Crippen LogP contribution >= 0.6 is 0 Å². The Hall–Kier alpha value is -2.42. The van der Waals surface area contributed by atoms with Crippen LogP contribution in [-0.4, -0.2) is 12.2 Å². The fourth-order valence-corrected chi connectivity index (χ4v) is 1.85. The Balaban J connectivity index is 2.07. The Labute approximate surface area is 98.5 Å². The van der Waals surface area contributed by atoms with Gasteiger partial charge in [0.05, 0.1) is 6.34 Å². The lowest BCUT2D eigenvalue weighted by molar-refractivity contribution is -0.115. The minimum atomic E-state index is -0.154. The molecule has 0 spiro atoms. The number of hydrogen-bond acceptors (Lipinski definition) is 2. The second kappa shape index (κ2) is 3.87. The van der Waals surface area contributed by atoms with Crippen LogP contribution in [0.15, 0.2) is 53.2 Å². The highest BCUT2D eigenvalue weighted by atomic mass is 16.2. The Morgan fingerprint density at radius 2 is 1.88 bits per heavy atom. The molecule has 0 atom stereocenters. The molecule has 2 aromatic carbocycles.